The fourth-order valence-electron chi connectivity index (χ4n) is 3.31. The van der Waals surface area contributed by atoms with Crippen molar-refractivity contribution in [2.24, 2.45) is 0 Å². The Bertz CT molecular complexity index is 488. The van der Waals surface area contributed by atoms with E-state index in [0.717, 1.165) is 35.4 Å². The molecule has 4 nitrogen and oxygen atoms in total. The fourth-order valence-corrected chi connectivity index (χ4v) is 3.69. The molecule has 1 aromatic heterocycles. The number of hydrogen-bond acceptors (Lipinski definition) is 4. The molecule has 4 rings (SSSR count). The van der Waals surface area contributed by atoms with Crippen LogP contribution in [0.1, 0.15) is 37.4 Å². The van der Waals surface area contributed by atoms with Gasteiger partial charge in [0.15, 0.2) is 0 Å². The van der Waals surface area contributed by atoms with Gasteiger partial charge in [0.05, 0.1) is 0 Å². The summed E-state index contributed by atoms with van der Waals surface area (Å²) in [5, 5.41) is 0. The van der Waals surface area contributed by atoms with Gasteiger partial charge in [-0.1, -0.05) is 0 Å². The van der Waals surface area contributed by atoms with Crippen LogP contribution in [-0.4, -0.2) is 47.1 Å². The zero-order valence-electron chi connectivity index (χ0n) is 11.1. The number of anilines is 1. The number of halogens is 1. The maximum Gasteiger partial charge on any atom is 0.135 e. The first-order chi connectivity index (χ1) is 9.29. The van der Waals surface area contributed by atoms with Crippen molar-refractivity contribution in [2.75, 3.05) is 31.1 Å². The minimum absolute atomic E-state index is 0.615. The van der Waals surface area contributed by atoms with E-state index in [-0.39, 0.29) is 0 Å². The van der Waals surface area contributed by atoms with Crippen molar-refractivity contribution in [1.29, 1.82) is 0 Å². The molecule has 0 amide bonds. The molecule has 2 aliphatic heterocycles. The second-order valence-electron chi connectivity index (χ2n) is 5.96. The molecule has 0 spiro atoms. The van der Waals surface area contributed by atoms with Gasteiger partial charge in [-0.25, -0.2) is 9.97 Å². The van der Waals surface area contributed by atoms with Crippen molar-refractivity contribution in [3.63, 3.8) is 0 Å². The summed E-state index contributed by atoms with van der Waals surface area (Å²) in [5.41, 5.74) is 0. The van der Waals surface area contributed by atoms with Crippen LogP contribution in [0.2, 0.25) is 0 Å². The average molecular weight is 323 g/mol. The summed E-state index contributed by atoms with van der Waals surface area (Å²) in [6.07, 6.45) is 5.22. The standard InChI is InChI=1S/C14H19BrN4/c15-12-8-13(17-14(16-12)10-3-4-10)19-7-6-18-5-1-2-11(18)9-19/h8,10-11H,1-7,9H2. The molecule has 1 unspecified atom stereocenters. The molecular weight excluding hydrogens is 304 g/mol. The van der Waals surface area contributed by atoms with Crippen LogP contribution in [0.5, 0.6) is 0 Å². The SMILES string of the molecule is Brc1cc(N2CCN3CCCC3C2)nc(C2CC2)n1. The molecule has 1 aliphatic carbocycles. The lowest BCUT2D eigenvalue weighted by molar-refractivity contribution is 0.230. The van der Waals surface area contributed by atoms with Gasteiger partial charge in [-0.05, 0) is 48.2 Å². The van der Waals surface area contributed by atoms with Gasteiger partial charge in [0.2, 0.25) is 0 Å². The van der Waals surface area contributed by atoms with Crippen molar-refractivity contribution >= 4 is 21.7 Å². The van der Waals surface area contributed by atoms with E-state index >= 15 is 0 Å². The molecule has 3 aliphatic rings. The fraction of sp³-hybridized carbons (Fsp3) is 0.714. The Morgan fingerprint density at radius 3 is 2.84 bits per heavy atom. The normalized spacial score (nSPS) is 27.6. The lowest BCUT2D eigenvalue weighted by Gasteiger charge is -2.38. The summed E-state index contributed by atoms with van der Waals surface area (Å²) < 4.78 is 0.938. The van der Waals surface area contributed by atoms with Crippen LogP contribution < -0.4 is 4.90 Å². The highest BCUT2D eigenvalue weighted by atomic mass is 79.9. The molecule has 0 radical (unpaired) electrons. The van der Waals surface area contributed by atoms with E-state index in [9.17, 15) is 0 Å². The Balaban J connectivity index is 1.57. The van der Waals surface area contributed by atoms with E-state index in [1.807, 2.05) is 0 Å². The van der Waals surface area contributed by atoms with Gasteiger partial charge in [-0.15, -0.1) is 0 Å². The number of fused-ring (bicyclic) bond motifs is 1. The van der Waals surface area contributed by atoms with E-state index in [1.54, 1.807) is 0 Å². The van der Waals surface area contributed by atoms with Gasteiger partial charge >= 0.3 is 0 Å². The minimum atomic E-state index is 0.615. The number of hydrogen-bond donors (Lipinski definition) is 0. The van der Waals surface area contributed by atoms with Gasteiger partial charge in [-0.3, -0.25) is 4.90 Å². The topological polar surface area (TPSA) is 32.3 Å². The number of aromatic nitrogens is 2. The van der Waals surface area contributed by atoms with Crippen molar-refractivity contribution in [3.8, 4) is 0 Å². The molecule has 0 bridgehead atoms. The van der Waals surface area contributed by atoms with Crippen LogP contribution in [0, 0.1) is 0 Å². The van der Waals surface area contributed by atoms with Crippen molar-refractivity contribution in [1.82, 2.24) is 14.9 Å². The van der Waals surface area contributed by atoms with E-state index in [0.29, 0.717) is 5.92 Å². The summed E-state index contributed by atoms with van der Waals surface area (Å²) in [4.78, 5) is 14.4. The molecule has 3 fully saturated rings. The van der Waals surface area contributed by atoms with Crippen molar-refractivity contribution < 1.29 is 0 Å². The Morgan fingerprint density at radius 1 is 1.11 bits per heavy atom. The third kappa shape index (κ3) is 2.38. The van der Waals surface area contributed by atoms with E-state index < -0.39 is 0 Å². The molecule has 102 valence electrons. The maximum atomic E-state index is 4.80. The van der Waals surface area contributed by atoms with Crippen LogP contribution in [0.3, 0.4) is 0 Å². The van der Waals surface area contributed by atoms with Crippen LogP contribution in [0.15, 0.2) is 10.7 Å². The predicted octanol–water partition coefficient (Wildman–Crippen LogP) is 2.40. The van der Waals surface area contributed by atoms with Crippen LogP contribution in [-0.2, 0) is 0 Å². The lowest BCUT2D eigenvalue weighted by atomic mass is 10.1. The van der Waals surface area contributed by atoms with Crippen LogP contribution in [0.4, 0.5) is 5.82 Å². The number of piperazine rings is 1. The lowest BCUT2D eigenvalue weighted by Crippen LogP contribution is -2.50. The summed E-state index contributed by atoms with van der Waals surface area (Å²) in [7, 11) is 0. The molecule has 1 aromatic rings. The molecule has 3 heterocycles. The van der Waals surface area contributed by atoms with Gasteiger partial charge in [0.1, 0.15) is 16.2 Å². The first-order valence-corrected chi connectivity index (χ1v) is 8.12. The monoisotopic (exact) mass is 322 g/mol. The highest BCUT2D eigenvalue weighted by Gasteiger charge is 2.32. The summed E-state index contributed by atoms with van der Waals surface area (Å²) >= 11 is 3.54. The summed E-state index contributed by atoms with van der Waals surface area (Å²) in [5.74, 6) is 2.78. The average Bonchev–Trinajstić information content (AvgIpc) is 3.16. The molecular formula is C14H19BrN4. The van der Waals surface area contributed by atoms with Gasteiger partial charge < -0.3 is 4.90 Å². The minimum Gasteiger partial charge on any atom is -0.354 e. The molecule has 2 saturated heterocycles. The quantitative estimate of drug-likeness (QED) is 0.783. The maximum absolute atomic E-state index is 4.80. The Hall–Kier alpha value is -0.680. The van der Waals surface area contributed by atoms with E-state index in [2.05, 4.69) is 36.8 Å². The van der Waals surface area contributed by atoms with E-state index in [1.165, 1.54) is 38.8 Å². The summed E-state index contributed by atoms with van der Waals surface area (Å²) in [6, 6.07) is 2.82. The Kier molecular flexibility index (Phi) is 2.99. The highest BCUT2D eigenvalue weighted by molar-refractivity contribution is 9.10. The second kappa shape index (κ2) is 4.70. The third-order valence-corrected chi connectivity index (χ3v) is 4.96. The number of rotatable bonds is 2. The Morgan fingerprint density at radius 2 is 2.00 bits per heavy atom. The highest BCUT2D eigenvalue weighted by Crippen LogP contribution is 2.39. The zero-order valence-corrected chi connectivity index (χ0v) is 12.6. The Labute approximate surface area is 122 Å². The smallest absolute Gasteiger partial charge is 0.135 e. The molecule has 5 heteroatoms. The van der Waals surface area contributed by atoms with Gasteiger partial charge in [-0.2, -0.15) is 0 Å². The second-order valence-corrected chi connectivity index (χ2v) is 6.77. The third-order valence-electron chi connectivity index (χ3n) is 4.55. The van der Waals surface area contributed by atoms with Gasteiger partial charge in [0.25, 0.3) is 0 Å². The molecule has 0 aromatic carbocycles. The molecule has 0 N–H and O–H groups in total. The summed E-state index contributed by atoms with van der Waals surface area (Å²) in [6.45, 7) is 4.71. The molecule has 1 atom stereocenters. The predicted molar refractivity (Wildman–Crippen MR) is 78.5 cm³/mol. The largest absolute Gasteiger partial charge is 0.354 e. The number of nitrogens with zero attached hydrogens (tertiary/aromatic N) is 4. The van der Waals surface area contributed by atoms with Crippen molar-refractivity contribution in [2.45, 2.75) is 37.6 Å². The zero-order chi connectivity index (χ0) is 12.8. The molecule has 19 heavy (non-hydrogen) atoms. The van der Waals surface area contributed by atoms with Gasteiger partial charge in [0, 0.05) is 37.7 Å². The van der Waals surface area contributed by atoms with Crippen molar-refractivity contribution in [3.05, 3.63) is 16.5 Å². The molecule has 1 saturated carbocycles. The first-order valence-electron chi connectivity index (χ1n) is 7.33. The van der Waals surface area contributed by atoms with E-state index in [4.69, 9.17) is 4.98 Å². The first kappa shape index (κ1) is 12.1. The van der Waals surface area contributed by atoms with Crippen LogP contribution in [0.25, 0.3) is 0 Å². The van der Waals surface area contributed by atoms with Crippen LogP contribution >= 0.6 is 15.9 Å².